The number of nitrogens with zero attached hydrogens (tertiary/aromatic N) is 1. The van der Waals surface area contributed by atoms with Gasteiger partial charge in [0.1, 0.15) is 0 Å². The molecule has 1 unspecified atom stereocenters. The first kappa shape index (κ1) is 12.9. The number of halogens is 1. The molecule has 6 heteroatoms. The maximum absolute atomic E-state index is 10.7. The second-order valence-corrected chi connectivity index (χ2v) is 5.06. The third kappa shape index (κ3) is 3.00. The lowest BCUT2D eigenvalue weighted by molar-refractivity contribution is 0.0691. The van der Waals surface area contributed by atoms with E-state index >= 15 is 0 Å². The summed E-state index contributed by atoms with van der Waals surface area (Å²) in [7, 11) is 0. The first-order chi connectivity index (χ1) is 8.56. The summed E-state index contributed by atoms with van der Waals surface area (Å²) in [5.41, 5.74) is 1.12. The summed E-state index contributed by atoms with van der Waals surface area (Å²) in [5.74, 6) is -1.02. The number of benzene rings is 1. The summed E-state index contributed by atoms with van der Waals surface area (Å²) in [4.78, 5) is 14.7. The number of hydrogen-bond acceptors (Lipinski definition) is 4. The minimum absolute atomic E-state index is 0.0371. The van der Waals surface area contributed by atoms with Gasteiger partial charge in [-0.05, 0) is 24.6 Å². The average molecular weight is 283 g/mol. The van der Waals surface area contributed by atoms with Crippen LogP contribution in [0.1, 0.15) is 29.0 Å². The summed E-state index contributed by atoms with van der Waals surface area (Å²) in [6.07, 6.45) is 0. The third-order valence-electron chi connectivity index (χ3n) is 2.43. The highest BCUT2D eigenvalue weighted by atomic mass is 35.5. The van der Waals surface area contributed by atoms with Crippen LogP contribution in [0.4, 0.5) is 5.13 Å². The van der Waals surface area contributed by atoms with Gasteiger partial charge >= 0.3 is 5.97 Å². The number of nitrogens with one attached hydrogen (secondary N) is 1. The zero-order chi connectivity index (χ0) is 13.1. The first-order valence-electron chi connectivity index (χ1n) is 5.27. The monoisotopic (exact) mass is 282 g/mol. The molecule has 1 atom stereocenters. The van der Waals surface area contributed by atoms with Crippen LogP contribution in [0.5, 0.6) is 0 Å². The minimum atomic E-state index is -1.02. The van der Waals surface area contributed by atoms with Gasteiger partial charge in [-0.15, -0.1) is 11.3 Å². The van der Waals surface area contributed by atoms with Crippen LogP contribution in [0.25, 0.3) is 0 Å². The Bertz CT molecular complexity index is 553. The van der Waals surface area contributed by atoms with E-state index < -0.39 is 5.97 Å². The molecule has 0 aliphatic rings. The minimum Gasteiger partial charge on any atom is -0.476 e. The Morgan fingerprint density at radius 3 is 2.67 bits per heavy atom. The molecule has 1 heterocycles. The maximum Gasteiger partial charge on any atom is 0.355 e. The molecule has 18 heavy (non-hydrogen) atoms. The molecule has 0 amide bonds. The van der Waals surface area contributed by atoms with E-state index in [0.29, 0.717) is 10.2 Å². The maximum atomic E-state index is 10.7. The third-order valence-corrected chi connectivity index (χ3v) is 3.46. The Kier molecular flexibility index (Phi) is 3.84. The molecule has 4 nitrogen and oxygen atoms in total. The number of aromatic nitrogens is 1. The van der Waals surface area contributed by atoms with Crippen LogP contribution in [0, 0.1) is 0 Å². The van der Waals surface area contributed by atoms with Gasteiger partial charge in [-0.25, -0.2) is 9.78 Å². The van der Waals surface area contributed by atoms with Crippen molar-refractivity contribution < 1.29 is 9.90 Å². The molecule has 0 radical (unpaired) electrons. The van der Waals surface area contributed by atoms with Crippen molar-refractivity contribution in [1.29, 1.82) is 0 Å². The van der Waals surface area contributed by atoms with E-state index in [2.05, 4.69) is 10.3 Å². The second kappa shape index (κ2) is 5.37. The normalized spacial score (nSPS) is 12.1. The van der Waals surface area contributed by atoms with Gasteiger partial charge in [0.15, 0.2) is 10.8 Å². The van der Waals surface area contributed by atoms with Gasteiger partial charge in [0.05, 0.1) is 6.04 Å². The van der Waals surface area contributed by atoms with Gasteiger partial charge in [-0.1, -0.05) is 23.7 Å². The number of anilines is 1. The lowest BCUT2D eigenvalue weighted by Crippen LogP contribution is -2.06. The molecular formula is C12H11ClN2O2S. The van der Waals surface area contributed by atoms with E-state index in [1.165, 1.54) is 16.7 Å². The summed E-state index contributed by atoms with van der Waals surface area (Å²) < 4.78 is 0. The molecule has 0 spiro atoms. The largest absolute Gasteiger partial charge is 0.476 e. The van der Waals surface area contributed by atoms with Crippen molar-refractivity contribution in [2.75, 3.05) is 5.32 Å². The standard InChI is InChI=1S/C12H11ClN2O2S/c1-7(8-2-4-9(13)5-3-8)14-12-15-10(6-18-12)11(16)17/h2-7H,1H3,(H,14,15)(H,16,17). The molecule has 2 aromatic rings. The summed E-state index contributed by atoms with van der Waals surface area (Å²) in [6, 6.07) is 7.52. The number of carbonyl (C=O) groups is 1. The summed E-state index contributed by atoms with van der Waals surface area (Å²) >= 11 is 7.09. The van der Waals surface area contributed by atoms with Gasteiger partial charge in [-0.3, -0.25) is 0 Å². The average Bonchev–Trinajstić information content (AvgIpc) is 2.78. The Balaban J connectivity index is 2.08. The molecular weight excluding hydrogens is 272 g/mol. The number of carboxylic acid groups (broad SMARTS) is 1. The van der Waals surface area contributed by atoms with Crippen molar-refractivity contribution >= 4 is 34.0 Å². The van der Waals surface area contributed by atoms with E-state index in [-0.39, 0.29) is 11.7 Å². The van der Waals surface area contributed by atoms with Gasteiger partial charge < -0.3 is 10.4 Å². The van der Waals surface area contributed by atoms with Crippen LogP contribution in [-0.2, 0) is 0 Å². The molecule has 0 saturated carbocycles. The fourth-order valence-electron chi connectivity index (χ4n) is 1.46. The fraction of sp³-hybridized carbons (Fsp3) is 0.167. The summed E-state index contributed by atoms with van der Waals surface area (Å²) in [6.45, 7) is 1.98. The van der Waals surface area contributed by atoms with Crippen LogP contribution in [0.15, 0.2) is 29.6 Å². The fourth-order valence-corrected chi connectivity index (χ4v) is 2.36. The number of thiazole rings is 1. The topological polar surface area (TPSA) is 62.2 Å². The van der Waals surface area contributed by atoms with Crippen LogP contribution in [0.2, 0.25) is 5.02 Å². The second-order valence-electron chi connectivity index (χ2n) is 3.76. The van der Waals surface area contributed by atoms with Crippen molar-refractivity contribution in [1.82, 2.24) is 4.98 Å². The quantitative estimate of drug-likeness (QED) is 0.898. The molecule has 0 aliphatic carbocycles. The van der Waals surface area contributed by atoms with Gasteiger partial charge in [0, 0.05) is 10.4 Å². The van der Waals surface area contributed by atoms with Gasteiger partial charge in [0.2, 0.25) is 0 Å². The number of carboxylic acids is 1. The zero-order valence-electron chi connectivity index (χ0n) is 9.55. The lowest BCUT2D eigenvalue weighted by atomic mass is 10.1. The predicted molar refractivity (Wildman–Crippen MR) is 72.6 cm³/mol. The molecule has 1 aromatic heterocycles. The molecule has 2 rings (SSSR count). The smallest absolute Gasteiger partial charge is 0.355 e. The predicted octanol–water partition coefficient (Wildman–Crippen LogP) is 3.67. The number of hydrogen-bond donors (Lipinski definition) is 2. The van der Waals surface area contributed by atoms with Gasteiger partial charge in [0.25, 0.3) is 0 Å². The Morgan fingerprint density at radius 2 is 2.11 bits per heavy atom. The Morgan fingerprint density at radius 1 is 1.44 bits per heavy atom. The number of rotatable bonds is 4. The van der Waals surface area contributed by atoms with Crippen LogP contribution < -0.4 is 5.32 Å². The van der Waals surface area contributed by atoms with Crippen molar-refractivity contribution in [3.63, 3.8) is 0 Å². The highest BCUT2D eigenvalue weighted by Crippen LogP contribution is 2.23. The van der Waals surface area contributed by atoms with Crippen LogP contribution in [0.3, 0.4) is 0 Å². The highest BCUT2D eigenvalue weighted by molar-refractivity contribution is 7.13. The first-order valence-corrected chi connectivity index (χ1v) is 6.53. The molecule has 2 N–H and O–H groups in total. The Labute approximate surface area is 113 Å². The van der Waals surface area contributed by atoms with Crippen molar-refractivity contribution in [2.45, 2.75) is 13.0 Å². The molecule has 94 valence electrons. The van der Waals surface area contributed by atoms with Crippen LogP contribution in [-0.4, -0.2) is 16.1 Å². The van der Waals surface area contributed by atoms with E-state index in [4.69, 9.17) is 16.7 Å². The Hall–Kier alpha value is -1.59. The molecule has 0 fully saturated rings. The lowest BCUT2D eigenvalue weighted by Gasteiger charge is -2.13. The highest BCUT2D eigenvalue weighted by Gasteiger charge is 2.11. The van der Waals surface area contributed by atoms with E-state index in [1.807, 2.05) is 31.2 Å². The van der Waals surface area contributed by atoms with Crippen molar-refractivity contribution in [3.8, 4) is 0 Å². The van der Waals surface area contributed by atoms with Crippen molar-refractivity contribution in [2.24, 2.45) is 0 Å². The number of aromatic carboxylic acids is 1. The van der Waals surface area contributed by atoms with Crippen molar-refractivity contribution in [3.05, 3.63) is 45.9 Å². The molecule has 0 saturated heterocycles. The molecule has 0 bridgehead atoms. The van der Waals surface area contributed by atoms with E-state index in [9.17, 15) is 4.79 Å². The van der Waals surface area contributed by atoms with E-state index in [1.54, 1.807) is 0 Å². The van der Waals surface area contributed by atoms with Gasteiger partial charge in [-0.2, -0.15) is 0 Å². The van der Waals surface area contributed by atoms with E-state index in [0.717, 1.165) is 5.56 Å². The summed E-state index contributed by atoms with van der Waals surface area (Å²) in [5, 5.41) is 14.7. The molecule has 0 aliphatic heterocycles. The molecule has 1 aromatic carbocycles. The zero-order valence-corrected chi connectivity index (χ0v) is 11.1. The van der Waals surface area contributed by atoms with Crippen LogP contribution >= 0.6 is 22.9 Å². The SMILES string of the molecule is CC(Nc1nc(C(=O)O)cs1)c1ccc(Cl)cc1.